The molecule has 0 bridgehead atoms. The number of carbonyl (C=O) groups excluding carboxylic acids is 1. The summed E-state index contributed by atoms with van der Waals surface area (Å²) in [4.78, 5) is 14.5. The van der Waals surface area contributed by atoms with Gasteiger partial charge in [-0.15, -0.1) is 0 Å². The molecule has 0 N–H and O–H groups in total. The Morgan fingerprint density at radius 3 is 2.55 bits per heavy atom. The monoisotopic (exact) mass is 335 g/mol. The van der Waals surface area contributed by atoms with E-state index in [4.69, 9.17) is 0 Å². The maximum absolute atomic E-state index is 12.5. The van der Waals surface area contributed by atoms with Crippen LogP contribution in [0.25, 0.3) is 6.08 Å². The molecule has 2 nitrogen and oxygen atoms in total. The van der Waals surface area contributed by atoms with E-state index in [2.05, 4.69) is 29.8 Å². The number of hydrogen-bond donors (Lipinski definition) is 0. The minimum absolute atomic E-state index is 0.127. The number of amides is 1. The van der Waals surface area contributed by atoms with Gasteiger partial charge in [0, 0.05) is 22.6 Å². The third kappa shape index (κ3) is 3.72. The van der Waals surface area contributed by atoms with E-state index in [0.717, 1.165) is 22.9 Å². The minimum atomic E-state index is 0.127. The molecule has 0 heterocycles. The zero-order valence-corrected chi connectivity index (χ0v) is 13.8. The minimum Gasteiger partial charge on any atom is -0.334 e. The first kappa shape index (κ1) is 15.3. The molecule has 0 saturated heterocycles. The first-order chi connectivity index (χ1) is 9.59. The van der Waals surface area contributed by atoms with Crippen LogP contribution in [0.5, 0.6) is 0 Å². The van der Waals surface area contributed by atoms with Gasteiger partial charge in [-0.3, -0.25) is 4.79 Å². The molecule has 20 heavy (non-hydrogen) atoms. The zero-order chi connectivity index (χ0) is 14.5. The fraction of sp³-hybridized carbons (Fsp3) is 0.471. The number of halogens is 1. The Labute approximate surface area is 130 Å². The Morgan fingerprint density at radius 2 is 1.95 bits per heavy atom. The Morgan fingerprint density at radius 1 is 1.30 bits per heavy atom. The van der Waals surface area contributed by atoms with Crippen LogP contribution in [0.4, 0.5) is 0 Å². The highest BCUT2D eigenvalue weighted by Gasteiger charge is 2.27. The van der Waals surface area contributed by atoms with Crippen LogP contribution in [0.1, 0.15) is 45.1 Å². The van der Waals surface area contributed by atoms with Crippen LogP contribution in [0.2, 0.25) is 0 Å². The largest absolute Gasteiger partial charge is 0.334 e. The van der Waals surface area contributed by atoms with Gasteiger partial charge >= 0.3 is 0 Å². The van der Waals surface area contributed by atoms with Crippen molar-refractivity contribution in [3.05, 3.63) is 40.4 Å². The van der Waals surface area contributed by atoms with Gasteiger partial charge in [0.25, 0.3) is 0 Å². The average molecular weight is 336 g/mol. The summed E-state index contributed by atoms with van der Waals surface area (Å²) in [5.41, 5.74) is 1.04. The zero-order valence-electron chi connectivity index (χ0n) is 12.2. The summed E-state index contributed by atoms with van der Waals surface area (Å²) in [6.45, 7) is 4.20. The molecule has 2 rings (SSSR count). The maximum atomic E-state index is 12.5. The molecule has 108 valence electrons. The molecule has 0 spiro atoms. The van der Waals surface area contributed by atoms with Crippen LogP contribution in [0.3, 0.4) is 0 Å². The van der Waals surface area contributed by atoms with E-state index in [0.29, 0.717) is 6.04 Å². The smallest absolute Gasteiger partial charge is 0.247 e. The highest BCUT2D eigenvalue weighted by atomic mass is 79.9. The normalized spacial score (nSPS) is 16.2. The van der Waals surface area contributed by atoms with Gasteiger partial charge in [-0.05, 0) is 44.4 Å². The second kappa shape index (κ2) is 7.07. The Bertz CT molecular complexity index is 490. The lowest BCUT2D eigenvalue weighted by Crippen LogP contribution is -2.42. The van der Waals surface area contributed by atoms with Crippen LogP contribution >= 0.6 is 15.9 Å². The van der Waals surface area contributed by atoms with Crippen molar-refractivity contribution in [1.82, 2.24) is 4.90 Å². The Balaban J connectivity index is 2.10. The van der Waals surface area contributed by atoms with Gasteiger partial charge in [-0.2, -0.15) is 0 Å². The van der Waals surface area contributed by atoms with E-state index in [1.54, 1.807) is 6.08 Å². The van der Waals surface area contributed by atoms with Crippen molar-refractivity contribution in [2.75, 3.05) is 0 Å². The van der Waals surface area contributed by atoms with Crippen molar-refractivity contribution in [3.8, 4) is 0 Å². The summed E-state index contributed by atoms with van der Waals surface area (Å²) in [7, 11) is 0. The molecule has 0 radical (unpaired) electrons. The molecule has 1 fully saturated rings. The van der Waals surface area contributed by atoms with Gasteiger partial charge in [-0.25, -0.2) is 0 Å². The standard InChI is InChI=1S/C17H22BrNO/c1-13(2)19(15-8-4-5-9-15)17(20)12-11-14-7-3-6-10-16(14)18/h3,6-7,10-13,15H,4-5,8-9H2,1-2H3/b12-11+. The van der Waals surface area contributed by atoms with Crippen molar-refractivity contribution in [3.63, 3.8) is 0 Å². The summed E-state index contributed by atoms with van der Waals surface area (Å²) in [5.74, 6) is 0.127. The van der Waals surface area contributed by atoms with Gasteiger partial charge in [0.05, 0.1) is 0 Å². The molecule has 0 aromatic heterocycles. The van der Waals surface area contributed by atoms with Gasteiger partial charge in [0.1, 0.15) is 0 Å². The summed E-state index contributed by atoms with van der Waals surface area (Å²) < 4.78 is 1.01. The summed E-state index contributed by atoms with van der Waals surface area (Å²) >= 11 is 3.50. The fourth-order valence-corrected chi connectivity index (χ4v) is 3.31. The van der Waals surface area contributed by atoms with E-state index in [1.807, 2.05) is 35.2 Å². The fourth-order valence-electron chi connectivity index (χ4n) is 2.90. The highest BCUT2D eigenvalue weighted by molar-refractivity contribution is 9.10. The summed E-state index contributed by atoms with van der Waals surface area (Å²) in [5, 5.41) is 0. The van der Waals surface area contributed by atoms with Crippen LogP contribution in [0, 0.1) is 0 Å². The van der Waals surface area contributed by atoms with Crippen LogP contribution in [0.15, 0.2) is 34.8 Å². The molecule has 1 aliphatic carbocycles. The molecule has 1 aromatic rings. The highest BCUT2D eigenvalue weighted by Crippen LogP contribution is 2.25. The molecule has 1 saturated carbocycles. The molecule has 0 unspecified atom stereocenters. The topological polar surface area (TPSA) is 20.3 Å². The maximum Gasteiger partial charge on any atom is 0.247 e. The van der Waals surface area contributed by atoms with Crippen LogP contribution < -0.4 is 0 Å². The molecule has 0 aliphatic heterocycles. The first-order valence-electron chi connectivity index (χ1n) is 7.34. The SMILES string of the molecule is CC(C)N(C(=O)/C=C/c1ccccc1Br)C1CCCC1. The lowest BCUT2D eigenvalue weighted by Gasteiger charge is -2.31. The van der Waals surface area contributed by atoms with E-state index in [-0.39, 0.29) is 11.9 Å². The third-order valence-corrected chi connectivity index (χ3v) is 4.56. The lowest BCUT2D eigenvalue weighted by molar-refractivity contribution is -0.130. The average Bonchev–Trinajstić information content (AvgIpc) is 2.91. The Kier molecular flexibility index (Phi) is 5.41. The van der Waals surface area contributed by atoms with Crippen LogP contribution in [-0.2, 0) is 4.79 Å². The molecule has 1 amide bonds. The number of benzene rings is 1. The summed E-state index contributed by atoms with van der Waals surface area (Å²) in [6, 6.07) is 8.62. The quantitative estimate of drug-likeness (QED) is 0.734. The van der Waals surface area contributed by atoms with Crippen molar-refractivity contribution in [2.24, 2.45) is 0 Å². The molecule has 0 atom stereocenters. The second-order valence-corrected chi connectivity index (χ2v) is 6.49. The molecular weight excluding hydrogens is 314 g/mol. The van der Waals surface area contributed by atoms with Gasteiger partial charge in [0.2, 0.25) is 5.91 Å². The van der Waals surface area contributed by atoms with Crippen molar-refractivity contribution < 1.29 is 4.79 Å². The van der Waals surface area contributed by atoms with Gasteiger partial charge in [-0.1, -0.05) is 47.0 Å². The van der Waals surface area contributed by atoms with Gasteiger partial charge < -0.3 is 4.90 Å². The van der Waals surface area contributed by atoms with Crippen LogP contribution in [-0.4, -0.2) is 22.9 Å². The van der Waals surface area contributed by atoms with E-state index >= 15 is 0 Å². The molecule has 1 aromatic carbocycles. The third-order valence-electron chi connectivity index (χ3n) is 3.84. The first-order valence-corrected chi connectivity index (χ1v) is 8.14. The van der Waals surface area contributed by atoms with Gasteiger partial charge in [0.15, 0.2) is 0 Å². The van der Waals surface area contributed by atoms with Crippen molar-refractivity contribution in [1.29, 1.82) is 0 Å². The number of nitrogens with zero attached hydrogens (tertiary/aromatic N) is 1. The predicted molar refractivity (Wildman–Crippen MR) is 87.4 cm³/mol. The van der Waals surface area contributed by atoms with Crippen molar-refractivity contribution >= 4 is 27.9 Å². The van der Waals surface area contributed by atoms with E-state index in [9.17, 15) is 4.79 Å². The molecule has 1 aliphatic rings. The molecular formula is C17H22BrNO. The van der Waals surface area contributed by atoms with E-state index in [1.165, 1.54) is 12.8 Å². The summed E-state index contributed by atoms with van der Waals surface area (Å²) in [6.07, 6.45) is 8.39. The predicted octanol–water partition coefficient (Wildman–Crippen LogP) is 4.64. The van der Waals surface area contributed by atoms with Crippen molar-refractivity contribution in [2.45, 2.75) is 51.6 Å². The Hall–Kier alpha value is -1.09. The molecule has 3 heteroatoms. The number of rotatable bonds is 4. The van der Waals surface area contributed by atoms with E-state index < -0.39 is 0 Å². The number of carbonyl (C=O) groups is 1. The number of hydrogen-bond acceptors (Lipinski definition) is 1. The lowest BCUT2D eigenvalue weighted by atomic mass is 10.1. The second-order valence-electron chi connectivity index (χ2n) is 5.63.